The fraction of sp³-hybridized carbons (Fsp3) is 0.417. The van der Waals surface area contributed by atoms with E-state index in [1.807, 2.05) is 0 Å². The van der Waals surface area contributed by atoms with Crippen molar-refractivity contribution in [3.05, 3.63) is 33.8 Å². The first-order chi connectivity index (χ1) is 8.40. The highest BCUT2D eigenvalue weighted by Gasteiger charge is 2.24. The highest BCUT2D eigenvalue weighted by molar-refractivity contribution is 6.42. The van der Waals surface area contributed by atoms with Crippen molar-refractivity contribution in [2.45, 2.75) is 18.9 Å². The fourth-order valence-electron chi connectivity index (χ4n) is 1.32. The Hall–Kier alpha value is -0.150. The summed E-state index contributed by atoms with van der Waals surface area (Å²) in [6, 6.07) is 5.09. The number of alkyl halides is 2. The maximum atomic E-state index is 11.8. The summed E-state index contributed by atoms with van der Waals surface area (Å²) in [5, 5.41) is 3.69. The molecule has 18 heavy (non-hydrogen) atoms. The minimum Gasteiger partial charge on any atom is -0.348 e. The van der Waals surface area contributed by atoms with Crippen molar-refractivity contribution in [3.8, 4) is 0 Å². The number of carbonyl (C=O) groups is 1. The Kier molecular flexibility index (Phi) is 6.06. The molecule has 1 rings (SSSR count). The van der Waals surface area contributed by atoms with Gasteiger partial charge in [-0.1, -0.05) is 29.3 Å². The normalized spacial score (nSPS) is 11.4. The van der Waals surface area contributed by atoms with Crippen LogP contribution in [0.2, 0.25) is 10.0 Å². The molecule has 0 atom stereocenters. The van der Waals surface area contributed by atoms with Crippen LogP contribution in [0.1, 0.15) is 12.5 Å². The molecule has 0 aliphatic heterocycles. The van der Waals surface area contributed by atoms with Crippen molar-refractivity contribution in [2.24, 2.45) is 0 Å². The van der Waals surface area contributed by atoms with Crippen LogP contribution < -0.4 is 5.32 Å². The Morgan fingerprint density at radius 3 is 2.33 bits per heavy atom. The molecule has 0 fully saturated rings. The van der Waals surface area contributed by atoms with Gasteiger partial charge in [0.1, 0.15) is 0 Å². The molecule has 0 saturated carbocycles. The van der Waals surface area contributed by atoms with Crippen LogP contribution in [0.25, 0.3) is 0 Å². The van der Waals surface area contributed by atoms with Crippen LogP contribution in [0.3, 0.4) is 0 Å². The van der Waals surface area contributed by atoms with E-state index in [2.05, 4.69) is 5.32 Å². The van der Waals surface area contributed by atoms with Crippen molar-refractivity contribution in [2.75, 3.05) is 11.8 Å². The molecule has 0 heterocycles. The van der Waals surface area contributed by atoms with Gasteiger partial charge in [-0.25, -0.2) is 0 Å². The van der Waals surface area contributed by atoms with Crippen LogP contribution in [0.5, 0.6) is 0 Å². The molecule has 0 aliphatic rings. The van der Waals surface area contributed by atoms with E-state index in [-0.39, 0.29) is 24.1 Å². The van der Waals surface area contributed by atoms with Gasteiger partial charge < -0.3 is 5.32 Å². The number of carbonyl (C=O) groups excluding carboxylic acids is 1. The molecule has 0 aliphatic carbocycles. The lowest BCUT2D eigenvalue weighted by Crippen LogP contribution is -2.49. The first-order valence-corrected chi connectivity index (χ1v) is 7.09. The Labute approximate surface area is 127 Å². The lowest BCUT2D eigenvalue weighted by Gasteiger charge is -2.25. The molecule has 0 unspecified atom stereocenters. The second-order valence-electron chi connectivity index (χ2n) is 4.30. The molecular weight excluding hydrogens is 316 g/mol. The second-order valence-corrected chi connectivity index (χ2v) is 5.65. The quantitative estimate of drug-likeness (QED) is 0.816. The topological polar surface area (TPSA) is 29.1 Å². The molecule has 0 spiro atoms. The number of amides is 1. The zero-order valence-corrected chi connectivity index (χ0v) is 12.8. The average Bonchev–Trinajstić information content (AvgIpc) is 2.33. The van der Waals surface area contributed by atoms with Crippen molar-refractivity contribution in [3.63, 3.8) is 0 Å². The van der Waals surface area contributed by atoms with Gasteiger partial charge in [0.05, 0.1) is 22.0 Å². The Morgan fingerprint density at radius 2 is 1.83 bits per heavy atom. The van der Waals surface area contributed by atoms with Crippen LogP contribution >= 0.6 is 46.4 Å². The van der Waals surface area contributed by atoms with Crippen LogP contribution in [0.4, 0.5) is 0 Å². The monoisotopic (exact) mass is 327 g/mol. The van der Waals surface area contributed by atoms with Gasteiger partial charge in [-0.2, -0.15) is 0 Å². The SMILES string of the molecule is CC(CCl)(CCl)NC(=O)Cc1ccc(Cl)c(Cl)c1. The summed E-state index contributed by atoms with van der Waals surface area (Å²) in [5.41, 5.74) is 0.185. The van der Waals surface area contributed by atoms with Crippen molar-refractivity contribution < 1.29 is 4.79 Å². The van der Waals surface area contributed by atoms with Crippen LogP contribution in [-0.2, 0) is 11.2 Å². The molecule has 1 amide bonds. The first kappa shape index (κ1) is 15.9. The molecule has 1 N–H and O–H groups in total. The van der Waals surface area contributed by atoms with Gasteiger partial charge in [-0.15, -0.1) is 23.2 Å². The molecule has 0 bridgehead atoms. The van der Waals surface area contributed by atoms with Gasteiger partial charge in [-0.05, 0) is 24.6 Å². The van der Waals surface area contributed by atoms with E-state index in [4.69, 9.17) is 46.4 Å². The van der Waals surface area contributed by atoms with Gasteiger partial charge in [0.2, 0.25) is 5.91 Å². The third kappa shape index (κ3) is 4.51. The summed E-state index contributed by atoms with van der Waals surface area (Å²) in [7, 11) is 0. The smallest absolute Gasteiger partial charge is 0.224 e. The predicted octanol–water partition coefficient (Wildman–Crippen LogP) is 3.89. The number of halogens is 4. The molecule has 1 aromatic rings. The minimum absolute atomic E-state index is 0.155. The molecule has 0 saturated heterocycles. The summed E-state index contributed by atoms with van der Waals surface area (Å²) in [6.07, 6.45) is 0.209. The molecule has 0 radical (unpaired) electrons. The first-order valence-electron chi connectivity index (χ1n) is 5.27. The largest absolute Gasteiger partial charge is 0.348 e. The average molecular weight is 329 g/mol. The Balaban J connectivity index is 2.67. The third-order valence-electron chi connectivity index (χ3n) is 2.38. The summed E-state index contributed by atoms with van der Waals surface area (Å²) >= 11 is 23.2. The van der Waals surface area contributed by atoms with Crippen LogP contribution in [-0.4, -0.2) is 23.2 Å². The Morgan fingerprint density at radius 1 is 1.22 bits per heavy atom. The van der Waals surface area contributed by atoms with Crippen molar-refractivity contribution in [1.29, 1.82) is 0 Å². The number of benzene rings is 1. The number of rotatable bonds is 5. The zero-order valence-electron chi connectivity index (χ0n) is 9.77. The van der Waals surface area contributed by atoms with Crippen molar-refractivity contribution in [1.82, 2.24) is 5.32 Å². The number of nitrogens with one attached hydrogen (secondary N) is 1. The number of hydrogen-bond donors (Lipinski definition) is 1. The molecular formula is C12H13Cl4NO. The van der Waals surface area contributed by atoms with E-state index < -0.39 is 5.54 Å². The standard InChI is InChI=1S/C12H13Cl4NO/c1-12(6-13,7-14)17-11(18)5-8-2-3-9(15)10(16)4-8/h2-4H,5-7H2,1H3,(H,17,18). The van der Waals surface area contributed by atoms with Gasteiger partial charge in [0.15, 0.2) is 0 Å². The van der Waals surface area contributed by atoms with E-state index in [9.17, 15) is 4.79 Å². The summed E-state index contributed by atoms with van der Waals surface area (Å²) in [6.45, 7) is 1.79. The van der Waals surface area contributed by atoms with Crippen LogP contribution in [0, 0.1) is 0 Å². The maximum Gasteiger partial charge on any atom is 0.224 e. The van der Waals surface area contributed by atoms with Crippen LogP contribution in [0.15, 0.2) is 18.2 Å². The molecule has 2 nitrogen and oxygen atoms in total. The maximum absolute atomic E-state index is 11.8. The fourth-order valence-corrected chi connectivity index (χ4v) is 2.06. The summed E-state index contributed by atoms with van der Waals surface area (Å²) < 4.78 is 0. The Bertz CT molecular complexity index is 432. The molecule has 6 heteroatoms. The molecule has 0 aromatic heterocycles. The summed E-state index contributed by atoms with van der Waals surface area (Å²) in [4.78, 5) is 11.8. The van der Waals surface area contributed by atoms with Gasteiger partial charge >= 0.3 is 0 Å². The van der Waals surface area contributed by atoms with Gasteiger partial charge in [0, 0.05) is 11.8 Å². The second kappa shape index (κ2) is 6.85. The minimum atomic E-state index is -0.601. The van der Waals surface area contributed by atoms with Gasteiger partial charge in [0.25, 0.3) is 0 Å². The van der Waals surface area contributed by atoms with Gasteiger partial charge in [-0.3, -0.25) is 4.79 Å². The van der Waals surface area contributed by atoms with E-state index in [1.165, 1.54) is 0 Å². The molecule has 100 valence electrons. The molecule has 1 aromatic carbocycles. The predicted molar refractivity (Wildman–Crippen MR) is 78.2 cm³/mol. The lowest BCUT2D eigenvalue weighted by atomic mass is 10.1. The summed E-state index contributed by atoms with van der Waals surface area (Å²) in [5.74, 6) is 0.352. The highest BCUT2D eigenvalue weighted by Crippen LogP contribution is 2.22. The lowest BCUT2D eigenvalue weighted by molar-refractivity contribution is -0.121. The van der Waals surface area contributed by atoms with E-state index in [0.29, 0.717) is 10.0 Å². The third-order valence-corrected chi connectivity index (χ3v) is 4.30. The highest BCUT2D eigenvalue weighted by atomic mass is 35.5. The van der Waals surface area contributed by atoms with E-state index >= 15 is 0 Å². The number of hydrogen-bond acceptors (Lipinski definition) is 1. The van der Waals surface area contributed by atoms with Crippen molar-refractivity contribution >= 4 is 52.3 Å². The zero-order chi connectivity index (χ0) is 13.8. The van der Waals surface area contributed by atoms with E-state index in [0.717, 1.165) is 5.56 Å². The van der Waals surface area contributed by atoms with E-state index in [1.54, 1.807) is 25.1 Å².